The molecule has 3 aromatic heterocycles. The molecule has 0 spiro atoms. The zero-order chi connectivity index (χ0) is 26.0. The predicted molar refractivity (Wildman–Crippen MR) is 136 cm³/mol. The smallest absolute Gasteiger partial charge is 0.335 e. The Bertz CT molecular complexity index is 1430. The number of thiophene rings is 1. The lowest BCUT2D eigenvalue weighted by atomic mass is 10.1. The highest BCUT2D eigenvalue weighted by Crippen LogP contribution is 2.29. The lowest BCUT2D eigenvalue weighted by Crippen LogP contribution is -2.40. The number of aromatic nitrogens is 3. The van der Waals surface area contributed by atoms with Crippen molar-refractivity contribution < 1.29 is 22.5 Å². The number of rotatable bonds is 9. The first-order valence-corrected chi connectivity index (χ1v) is 13.8. The molecule has 0 saturated heterocycles. The SMILES string of the molecule is COS(=O)(=O)N[C@@H]1C[C@@H](Nc2ncncc2C(=O)c2cc(Cn3cc(Br)cc3C#N)c(C)s2)C[C@@H]1O. The van der Waals surface area contributed by atoms with E-state index in [-0.39, 0.29) is 30.2 Å². The fourth-order valence-electron chi connectivity index (χ4n) is 4.10. The van der Waals surface area contributed by atoms with E-state index >= 15 is 0 Å². The van der Waals surface area contributed by atoms with Gasteiger partial charge in [0.25, 0.3) is 0 Å². The van der Waals surface area contributed by atoms with Gasteiger partial charge in [0.1, 0.15) is 23.9 Å². The largest absolute Gasteiger partial charge is 0.391 e. The van der Waals surface area contributed by atoms with Gasteiger partial charge in [0.05, 0.1) is 29.7 Å². The van der Waals surface area contributed by atoms with E-state index in [9.17, 15) is 23.6 Å². The molecule has 3 heterocycles. The van der Waals surface area contributed by atoms with Gasteiger partial charge < -0.3 is 15.0 Å². The Kier molecular flexibility index (Phi) is 7.88. The van der Waals surface area contributed by atoms with Crippen LogP contribution < -0.4 is 10.0 Å². The zero-order valence-corrected chi connectivity index (χ0v) is 22.5. The predicted octanol–water partition coefficient (Wildman–Crippen LogP) is 2.35. The van der Waals surface area contributed by atoms with Crippen LogP contribution >= 0.6 is 27.3 Å². The average molecular weight is 596 g/mol. The molecule has 1 fully saturated rings. The molecule has 36 heavy (non-hydrogen) atoms. The van der Waals surface area contributed by atoms with Crippen molar-refractivity contribution in [1.29, 1.82) is 5.26 Å². The standard InChI is InChI=1S/C22H23BrN6O5S2/c1-12-13(9-29-10-14(23)4-16(29)7-24)3-20(35-12)21(31)17-8-25-11-26-22(17)27-15-5-18(19(30)6-15)28-36(32,33)34-2/h3-4,8,10-11,15,18-19,28,30H,5-6,9H2,1-2H3,(H,25,26,27)/t15-,18-,19+/m1/s1. The molecule has 0 aliphatic heterocycles. The molecule has 3 N–H and O–H groups in total. The van der Waals surface area contributed by atoms with Crippen LogP contribution in [0.5, 0.6) is 0 Å². The van der Waals surface area contributed by atoms with Crippen LogP contribution in [0.4, 0.5) is 5.82 Å². The van der Waals surface area contributed by atoms with E-state index in [2.05, 4.69) is 46.2 Å². The van der Waals surface area contributed by atoms with Crippen molar-refractivity contribution >= 4 is 49.2 Å². The van der Waals surface area contributed by atoms with Crippen LogP contribution in [-0.4, -0.2) is 59.1 Å². The molecular weight excluding hydrogens is 572 g/mol. The van der Waals surface area contributed by atoms with Gasteiger partial charge in [-0.3, -0.25) is 8.98 Å². The van der Waals surface area contributed by atoms with E-state index in [1.165, 1.54) is 23.9 Å². The molecule has 1 saturated carbocycles. The van der Waals surface area contributed by atoms with Gasteiger partial charge in [0.15, 0.2) is 0 Å². The second kappa shape index (κ2) is 10.8. The van der Waals surface area contributed by atoms with Crippen molar-refractivity contribution in [3.63, 3.8) is 0 Å². The molecule has 0 aromatic carbocycles. The minimum absolute atomic E-state index is 0.254. The first-order valence-electron chi connectivity index (χ1n) is 10.8. The molecule has 3 aromatic rings. The lowest BCUT2D eigenvalue weighted by molar-refractivity contribution is 0.104. The number of aryl methyl sites for hydroxylation is 1. The Morgan fingerprint density at radius 3 is 2.92 bits per heavy atom. The number of halogens is 1. The average Bonchev–Trinajstić information content (AvgIpc) is 3.50. The number of carbonyl (C=O) groups is 1. The summed E-state index contributed by atoms with van der Waals surface area (Å²) in [6.07, 6.45) is 4.17. The van der Waals surface area contributed by atoms with Gasteiger partial charge in [0.2, 0.25) is 5.78 Å². The van der Waals surface area contributed by atoms with Gasteiger partial charge in [-0.25, -0.2) is 9.97 Å². The minimum Gasteiger partial charge on any atom is -0.391 e. The van der Waals surface area contributed by atoms with Gasteiger partial charge in [-0.15, -0.1) is 11.3 Å². The molecule has 3 atom stereocenters. The summed E-state index contributed by atoms with van der Waals surface area (Å²) < 4.78 is 32.7. The highest BCUT2D eigenvalue weighted by molar-refractivity contribution is 9.10. The fraction of sp³-hybridized carbons (Fsp3) is 0.364. The molecule has 0 amide bonds. The Hall–Kier alpha value is -2.67. The van der Waals surface area contributed by atoms with Crippen LogP contribution in [-0.2, 0) is 21.0 Å². The Morgan fingerprint density at radius 1 is 1.42 bits per heavy atom. The zero-order valence-electron chi connectivity index (χ0n) is 19.3. The van der Waals surface area contributed by atoms with E-state index in [4.69, 9.17) is 0 Å². The number of aliphatic hydroxyl groups excluding tert-OH is 1. The monoisotopic (exact) mass is 594 g/mol. The van der Waals surface area contributed by atoms with Crippen molar-refractivity contribution in [2.45, 2.75) is 44.5 Å². The first-order chi connectivity index (χ1) is 17.1. The number of nitrogens with zero attached hydrogens (tertiary/aromatic N) is 4. The Morgan fingerprint density at radius 2 is 2.19 bits per heavy atom. The van der Waals surface area contributed by atoms with Crippen molar-refractivity contribution in [2.75, 3.05) is 12.4 Å². The molecule has 190 valence electrons. The number of carbonyl (C=O) groups excluding carboxylic acids is 1. The summed E-state index contributed by atoms with van der Waals surface area (Å²) in [6, 6.07) is 4.64. The second-order valence-electron chi connectivity index (χ2n) is 8.31. The number of hydrogen-bond donors (Lipinski definition) is 3. The maximum absolute atomic E-state index is 13.4. The van der Waals surface area contributed by atoms with Crippen LogP contribution in [0.1, 0.15) is 44.2 Å². The number of nitrogens with one attached hydrogen (secondary N) is 2. The number of nitriles is 1. The van der Waals surface area contributed by atoms with Crippen molar-refractivity contribution in [1.82, 2.24) is 19.3 Å². The number of ketones is 1. The molecule has 14 heteroatoms. The molecule has 11 nitrogen and oxygen atoms in total. The maximum Gasteiger partial charge on any atom is 0.335 e. The molecule has 1 aliphatic rings. The quantitative estimate of drug-likeness (QED) is 0.316. The van der Waals surface area contributed by atoms with Crippen LogP contribution in [0, 0.1) is 18.3 Å². The summed E-state index contributed by atoms with van der Waals surface area (Å²) in [7, 11) is -2.92. The van der Waals surface area contributed by atoms with E-state index in [0.29, 0.717) is 22.9 Å². The summed E-state index contributed by atoms with van der Waals surface area (Å²) in [5, 5.41) is 22.8. The summed E-state index contributed by atoms with van der Waals surface area (Å²) in [4.78, 5) is 23.1. The number of anilines is 1. The van der Waals surface area contributed by atoms with E-state index < -0.39 is 22.4 Å². The first kappa shape index (κ1) is 26.4. The number of hydrogen-bond acceptors (Lipinski definition) is 10. The normalized spacial score (nSPS) is 19.8. The molecule has 0 unspecified atom stereocenters. The summed E-state index contributed by atoms with van der Waals surface area (Å²) >= 11 is 4.73. The molecule has 4 rings (SSSR count). The minimum atomic E-state index is -3.96. The number of aliphatic hydroxyl groups is 1. The van der Waals surface area contributed by atoms with Crippen LogP contribution in [0.15, 0.2) is 35.3 Å². The molecular formula is C22H23BrN6O5S2. The lowest BCUT2D eigenvalue weighted by Gasteiger charge is -2.16. The van der Waals surface area contributed by atoms with Gasteiger partial charge in [0, 0.05) is 34.3 Å². The Labute approximate surface area is 220 Å². The molecule has 0 bridgehead atoms. The summed E-state index contributed by atoms with van der Waals surface area (Å²) in [6.45, 7) is 2.36. The fourth-order valence-corrected chi connectivity index (χ4v) is 6.27. The third-order valence-electron chi connectivity index (χ3n) is 5.90. The summed E-state index contributed by atoms with van der Waals surface area (Å²) in [5.41, 5.74) is 1.69. The maximum atomic E-state index is 13.4. The van der Waals surface area contributed by atoms with E-state index in [1.807, 2.05) is 23.8 Å². The topological polar surface area (TPSA) is 159 Å². The third-order valence-corrected chi connectivity index (χ3v) is 8.46. The summed E-state index contributed by atoms with van der Waals surface area (Å²) in [5.74, 6) is 0.0398. The van der Waals surface area contributed by atoms with Gasteiger partial charge in [-0.2, -0.15) is 18.4 Å². The van der Waals surface area contributed by atoms with Crippen LogP contribution in [0.3, 0.4) is 0 Å². The van der Waals surface area contributed by atoms with Gasteiger partial charge >= 0.3 is 10.3 Å². The van der Waals surface area contributed by atoms with Crippen molar-refractivity contribution in [3.05, 3.63) is 61.9 Å². The highest BCUT2D eigenvalue weighted by Gasteiger charge is 2.36. The van der Waals surface area contributed by atoms with Crippen molar-refractivity contribution in [3.8, 4) is 6.07 Å². The van der Waals surface area contributed by atoms with Gasteiger partial charge in [-0.1, -0.05) is 0 Å². The van der Waals surface area contributed by atoms with E-state index in [0.717, 1.165) is 22.0 Å². The molecule has 0 radical (unpaired) electrons. The Balaban J connectivity index is 1.51. The second-order valence-corrected chi connectivity index (χ2v) is 12.0. The highest BCUT2D eigenvalue weighted by atomic mass is 79.9. The van der Waals surface area contributed by atoms with Crippen LogP contribution in [0.2, 0.25) is 0 Å². The van der Waals surface area contributed by atoms with Crippen molar-refractivity contribution in [2.24, 2.45) is 0 Å². The van der Waals surface area contributed by atoms with Crippen LogP contribution in [0.25, 0.3) is 0 Å². The third kappa shape index (κ3) is 5.83. The molecule has 1 aliphatic carbocycles. The van der Waals surface area contributed by atoms with Gasteiger partial charge in [-0.05, 0) is 53.4 Å². The van der Waals surface area contributed by atoms with E-state index in [1.54, 1.807) is 6.07 Å².